The third-order valence-electron chi connectivity index (χ3n) is 3.73. The minimum atomic E-state index is -0.179. The summed E-state index contributed by atoms with van der Waals surface area (Å²) in [5.74, 6) is 0.197. The predicted molar refractivity (Wildman–Crippen MR) is 85.1 cm³/mol. The zero-order chi connectivity index (χ0) is 15.0. The first-order valence-corrected chi connectivity index (χ1v) is 8.36. The number of esters is 1. The number of hydrogen-bond acceptors (Lipinski definition) is 4. The molecule has 20 heavy (non-hydrogen) atoms. The van der Waals surface area contributed by atoms with E-state index in [0.29, 0.717) is 5.92 Å². The summed E-state index contributed by atoms with van der Waals surface area (Å²) in [5.41, 5.74) is 0. The molecule has 0 radical (unpaired) electrons. The number of carbonyl (C=O) groups excluding carboxylic acids is 1. The molecule has 1 rings (SSSR count). The van der Waals surface area contributed by atoms with Crippen molar-refractivity contribution in [1.29, 1.82) is 0 Å². The first-order valence-electron chi connectivity index (χ1n) is 7.48. The number of hydrogen-bond donors (Lipinski definition) is 0. The van der Waals surface area contributed by atoms with Gasteiger partial charge in [0.05, 0.1) is 0 Å². The Balaban J connectivity index is 2.55. The van der Waals surface area contributed by atoms with Gasteiger partial charge in [0, 0.05) is 18.2 Å². The Morgan fingerprint density at radius 3 is 2.60 bits per heavy atom. The van der Waals surface area contributed by atoms with Crippen molar-refractivity contribution in [2.45, 2.75) is 46.6 Å². The lowest BCUT2D eigenvalue weighted by molar-refractivity contribution is -0.148. The van der Waals surface area contributed by atoms with Gasteiger partial charge in [-0.3, -0.25) is 4.79 Å². The Hall–Kier alpha value is -0.870. The van der Waals surface area contributed by atoms with Crippen LogP contribution in [0.25, 0.3) is 0 Å². The van der Waals surface area contributed by atoms with Crippen molar-refractivity contribution >= 4 is 17.3 Å². The number of carbonyl (C=O) groups is 1. The van der Waals surface area contributed by atoms with Crippen LogP contribution < -0.4 is 0 Å². The molecule has 1 aromatic heterocycles. The molecule has 0 saturated heterocycles. The van der Waals surface area contributed by atoms with E-state index >= 15 is 0 Å². The molecule has 0 fully saturated rings. The van der Waals surface area contributed by atoms with Crippen LogP contribution >= 0.6 is 11.3 Å². The van der Waals surface area contributed by atoms with Gasteiger partial charge in [0.2, 0.25) is 0 Å². The van der Waals surface area contributed by atoms with E-state index in [-0.39, 0.29) is 12.1 Å². The number of rotatable bonds is 9. The molecule has 0 saturated carbocycles. The SMILES string of the molecule is CCN(CC)CCC(C)C(Cc1cccs1)OC(C)=O. The van der Waals surface area contributed by atoms with E-state index in [4.69, 9.17) is 4.74 Å². The van der Waals surface area contributed by atoms with Gasteiger partial charge in [0.15, 0.2) is 0 Å². The van der Waals surface area contributed by atoms with Crippen molar-refractivity contribution < 1.29 is 9.53 Å². The molecule has 3 nitrogen and oxygen atoms in total. The first-order chi connectivity index (χ1) is 9.56. The molecule has 2 unspecified atom stereocenters. The molecule has 0 aliphatic heterocycles. The highest BCUT2D eigenvalue weighted by Crippen LogP contribution is 2.20. The summed E-state index contributed by atoms with van der Waals surface area (Å²) in [5, 5.41) is 2.07. The first kappa shape index (κ1) is 17.2. The van der Waals surface area contributed by atoms with Gasteiger partial charge in [-0.2, -0.15) is 0 Å². The maximum absolute atomic E-state index is 11.3. The summed E-state index contributed by atoms with van der Waals surface area (Å²) in [4.78, 5) is 15.0. The van der Waals surface area contributed by atoms with Crippen LogP contribution in [0.2, 0.25) is 0 Å². The van der Waals surface area contributed by atoms with Crippen molar-refractivity contribution in [2.75, 3.05) is 19.6 Å². The number of nitrogens with zero attached hydrogens (tertiary/aromatic N) is 1. The number of thiophene rings is 1. The molecule has 0 N–H and O–H groups in total. The summed E-state index contributed by atoms with van der Waals surface area (Å²) in [6.45, 7) is 11.3. The Bertz CT molecular complexity index is 374. The van der Waals surface area contributed by atoms with Crippen LogP contribution in [0.3, 0.4) is 0 Å². The maximum Gasteiger partial charge on any atom is 0.302 e. The molecule has 114 valence electrons. The zero-order valence-electron chi connectivity index (χ0n) is 13.1. The van der Waals surface area contributed by atoms with Gasteiger partial charge in [0.25, 0.3) is 0 Å². The van der Waals surface area contributed by atoms with Gasteiger partial charge >= 0.3 is 5.97 Å². The summed E-state index contributed by atoms with van der Waals surface area (Å²) in [6, 6.07) is 4.16. The van der Waals surface area contributed by atoms with E-state index in [9.17, 15) is 4.79 Å². The minimum Gasteiger partial charge on any atom is -0.462 e. The molecule has 0 aliphatic rings. The van der Waals surface area contributed by atoms with Crippen LogP contribution in [0.5, 0.6) is 0 Å². The van der Waals surface area contributed by atoms with Crippen LogP contribution in [-0.4, -0.2) is 36.6 Å². The molecule has 0 bridgehead atoms. The van der Waals surface area contributed by atoms with Crippen molar-refractivity contribution in [2.24, 2.45) is 5.92 Å². The summed E-state index contributed by atoms with van der Waals surface area (Å²) >= 11 is 1.73. The second-order valence-electron chi connectivity index (χ2n) is 5.22. The molecule has 4 heteroatoms. The van der Waals surface area contributed by atoms with Crippen LogP contribution in [0.15, 0.2) is 17.5 Å². The van der Waals surface area contributed by atoms with Gasteiger partial charge in [-0.1, -0.05) is 26.8 Å². The van der Waals surface area contributed by atoms with Gasteiger partial charge in [-0.05, 0) is 43.4 Å². The molecular formula is C16H27NO2S. The van der Waals surface area contributed by atoms with Crippen molar-refractivity contribution in [1.82, 2.24) is 4.90 Å². The van der Waals surface area contributed by atoms with E-state index in [1.807, 2.05) is 6.07 Å². The maximum atomic E-state index is 11.3. The fourth-order valence-corrected chi connectivity index (χ4v) is 3.06. The third kappa shape index (κ3) is 6.06. The van der Waals surface area contributed by atoms with Crippen LogP contribution in [-0.2, 0) is 16.0 Å². The van der Waals surface area contributed by atoms with Crippen LogP contribution in [0.1, 0.15) is 39.0 Å². The molecule has 1 heterocycles. The summed E-state index contributed by atoms with van der Waals surface area (Å²) in [6.07, 6.45) is 1.88. The van der Waals surface area contributed by atoms with Gasteiger partial charge in [0.1, 0.15) is 6.10 Å². The predicted octanol–water partition coefficient (Wildman–Crippen LogP) is 3.59. The second kappa shape index (κ2) is 9.14. The van der Waals surface area contributed by atoms with Crippen molar-refractivity contribution in [3.8, 4) is 0 Å². The second-order valence-corrected chi connectivity index (χ2v) is 6.26. The third-order valence-corrected chi connectivity index (χ3v) is 4.63. The standard InChI is InChI=1S/C16H27NO2S/c1-5-17(6-2)10-9-13(3)16(19-14(4)18)12-15-8-7-11-20-15/h7-8,11,13,16H,5-6,9-10,12H2,1-4H3. The lowest BCUT2D eigenvalue weighted by Gasteiger charge is -2.26. The Morgan fingerprint density at radius 2 is 2.10 bits per heavy atom. The highest BCUT2D eigenvalue weighted by molar-refractivity contribution is 7.09. The minimum absolute atomic E-state index is 0.0123. The molecule has 0 amide bonds. The molecule has 0 spiro atoms. The normalized spacial score (nSPS) is 14.2. The van der Waals surface area contributed by atoms with E-state index < -0.39 is 0 Å². The van der Waals surface area contributed by atoms with E-state index in [2.05, 4.69) is 37.1 Å². The van der Waals surface area contributed by atoms with Gasteiger partial charge < -0.3 is 9.64 Å². The summed E-state index contributed by atoms with van der Waals surface area (Å²) in [7, 11) is 0. The number of ether oxygens (including phenoxy) is 1. The monoisotopic (exact) mass is 297 g/mol. The van der Waals surface area contributed by atoms with E-state index in [0.717, 1.165) is 32.5 Å². The Morgan fingerprint density at radius 1 is 1.40 bits per heavy atom. The average molecular weight is 297 g/mol. The summed E-state index contributed by atoms with van der Waals surface area (Å²) < 4.78 is 5.53. The van der Waals surface area contributed by atoms with Gasteiger partial charge in [-0.25, -0.2) is 0 Å². The Labute approximate surface area is 126 Å². The lowest BCUT2D eigenvalue weighted by atomic mass is 9.97. The topological polar surface area (TPSA) is 29.5 Å². The highest BCUT2D eigenvalue weighted by atomic mass is 32.1. The molecule has 2 atom stereocenters. The lowest BCUT2D eigenvalue weighted by Crippen LogP contribution is -2.31. The molecule has 0 aliphatic carbocycles. The van der Waals surface area contributed by atoms with Crippen LogP contribution in [0.4, 0.5) is 0 Å². The average Bonchev–Trinajstić information content (AvgIpc) is 2.91. The highest BCUT2D eigenvalue weighted by Gasteiger charge is 2.21. The molecule has 1 aromatic rings. The quantitative estimate of drug-likeness (QED) is 0.652. The van der Waals surface area contributed by atoms with Gasteiger partial charge in [-0.15, -0.1) is 11.3 Å². The smallest absolute Gasteiger partial charge is 0.302 e. The van der Waals surface area contributed by atoms with Crippen LogP contribution in [0, 0.1) is 5.92 Å². The fourth-order valence-electron chi connectivity index (χ4n) is 2.31. The largest absolute Gasteiger partial charge is 0.462 e. The van der Waals surface area contributed by atoms with E-state index in [1.54, 1.807) is 11.3 Å². The fraction of sp³-hybridized carbons (Fsp3) is 0.688. The Kier molecular flexibility index (Phi) is 7.85. The molecular weight excluding hydrogens is 270 g/mol. The van der Waals surface area contributed by atoms with Crippen molar-refractivity contribution in [3.63, 3.8) is 0 Å². The van der Waals surface area contributed by atoms with E-state index in [1.165, 1.54) is 11.8 Å². The van der Waals surface area contributed by atoms with Crippen molar-refractivity contribution in [3.05, 3.63) is 22.4 Å². The molecule has 0 aromatic carbocycles. The zero-order valence-corrected chi connectivity index (χ0v) is 13.9.